The van der Waals surface area contributed by atoms with Crippen molar-refractivity contribution in [3.05, 3.63) is 88.2 Å². The van der Waals surface area contributed by atoms with Crippen LogP contribution in [-0.2, 0) is 4.79 Å². The quantitative estimate of drug-likeness (QED) is 0.445. The van der Waals surface area contributed by atoms with Gasteiger partial charge in [-0.15, -0.1) is 0 Å². The molecule has 4 aromatic rings. The van der Waals surface area contributed by atoms with E-state index in [4.69, 9.17) is 4.74 Å². The van der Waals surface area contributed by atoms with Gasteiger partial charge in [0.1, 0.15) is 17.5 Å². The summed E-state index contributed by atoms with van der Waals surface area (Å²) in [4.78, 5) is 33.3. The molecular weight excluding hydrogens is 418 g/mol. The molecule has 8 nitrogen and oxygen atoms in total. The molecule has 1 aromatic heterocycles. The number of anilines is 3. The average Bonchev–Trinajstić information content (AvgIpc) is 2.83. The normalized spacial score (nSPS) is 17.0. The molecule has 0 saturated heterocycles. The molecule has 0 bridgehead atoms. The van der Waals surface area contributed by atoms with Crippen LogP contribution in [0, 0.1) is 17.2 Å². The minimum atomic E-state index is -1.06. The van der Waals surface area contributed by atoms with Gasteiger partial charge in [-0.05, 0) is 40.6 Å². The highest BCUT2D eigenvalue weighted by Gasteiger charge is 2.40. The first-order valence-corrected chi connectivity index (χ1v) is 10.3. The summed E-state index contributed by atoms with van der Waals surface area (Å²) in [7, 11) is 1.58. The third kappa shape index (κ3) is 3.55. The molecule has 0 aliphatic carbocycles. The van der Waals surface area contributed by atoms with E-state index in [1.165, 1.54) is 0 Å². The Morgan fingerprint density at radius 2 is 1.79 bits per heavy atom. The fourth-order valence-corrected chi connectivity index (χ4v) is 4.24. The molecular formula is C25H19N5O3. The van der Waals surface area contributed by atoms with Crippen LogP contribution in [-0.4, -0.2) is 23.0 Å². The van der Waals surface area contributed by atoms with Crippen LogP contribution in [0.2, 0.25) is 0 Å². The SMILES string of the molecule is COc1ccc(Nc2nc3c(c(=O)[nH]2)C(c2cccc4ccccc24)C(C#N)C(=O)N3)cc1. The number of aromatic amines is 1. The van der Waals surface area contributed by atoms with Crippen LogP contribution < -0.4 is 20.9 Å². The van der Waals surface area contributed by atoms with Crippen LogP contribution in [0.25, 0.3) is 10.8 Å². The van der Waals surface area contributed by atoms with Crippen molar-refractivity contribution in [2.45, 2.75) is 5.92 Å². The zero-order chi connectivity index (χ0) is 22.9. The summed E-state index contributed by atoms with van der Waals surface area (Å²) in [5, 5.41) is 17.3. The van der Waals surface area contributed by atoms with E-state index in [1.54, 1.807) is 31.4 Å². The third-order valence-electron chi connectivity index (χ3n) is 5.77. The predicted octanol–water partition coefficient (Wildman–Crippen LogP) is 3.90. The number of nitrogens with one attached hydrogen (secondary N) is 3. The molecule has 0 radical (unpaired) electrons. The largest absolute Gasteiger partial charge is 0.497 e. The fraction of sp³-hybridized carbons (Fsp3) is 0.120. The highest BCUT2D eigenvalue weighted by atomic mass is 16.5. The molecule has 0 saturated carbocycles. The number of H-pyrrole nitrogens is 1. The first-order valence-electron chi connectivity index (χ1n) is 10.3. The Kier molecular flexibility index (Phi) is 4.99. The second-order valence-corrected chi connectivity index (χ2v) is 7.67. The Morgan fingerprint density at radius 1 is 1.03 bits per heavy atom. The summed E-state index contributed by atoms with van der Waals surface area (Å²) < 4.78 is 5.15. The topological polar surface area (TPSA) is 120 Å². The standard InChI is InChI=1S/C25H19N5O3/c1-33-16-11-9-15(10-12-16)27-25-29-22-21(24(32)30-25)20(19(13-26)23(31)28-22)18-8-4-6-14-5-2-3-7-17(14)18/h2-12,19-20H,1H3,(H3,27,28,29,30,31,32). The number of aromatic nitrogens is 2. The van der Waals surface area contributed by atoms with Gasteiger partial charge in [0.25, 0.3) is 5.56 Å². The number of benzene rings is 3. The van der Waals surface area contributed by atoms with Gasteiger partial charge in [-0.3, -0.25) is 14.6 Å². The lowest BCUT2D eigenvalue weighted by molar-refractivity contribution is -0.119. The maximum absolute atomic E-state index is 13.2. The van der Waals surface area contributed by atoms with Crippen molar-refractivity contribution in [3.8, 4) is 11.8 Å². The van der Waals surface area contributed by atoms with E-state index in [0.29, 0.717) is 11.4 Å². The van der Waals surface area contributed by atoms with E-state index < -0.39 is 23.3 Å². The Balaban J connectivity index is 1.63. The van der Waals surface area contributed by atoms with Crippen molar-refractivity contribution < 1.29 is 9.53 Å². The number of fused-ring (bicyclic) bond motifs is 2. The number of carbonyl (C=O) groups is 1. The highest BCUT2D eigenvalue weighted by Crippen LogP contribution is 2.40. The molecule has 33 heavy (non-hydrogen) atoms. The summed E-state index contributed by atoms with van der Waals surface area (Å²) >= 11 is 0. The molecule has 8 heteroatoms. The van der Waals surface area contributed by atoms with E-state index in [2.05, 4.69) is 26.7 Å². The smallest absolute Gasteiger partial charge is 0.258 e. The van der Waals surface area contributed by atoms with Gasteiger partial charge in [-0.25, -0.2) is 0 Å². The average molecular weight is 437 g/mol. The first kappa shape index (κ1) is 20.3. The number of amides is 1. The highest BCUT2D eigenvalue weighted by molar-refractivity contribution is 5.99. The van der Waals surface area contributed by atoms with E-state index in [1.807, 2.05) is 42.5 Å². The van der Waals surface area contributed by atoms with Crippen LogP contribution >= 0.6 is 0 Å². The van der Waals surface area contributed by atoms with Gasteiger partial charge in [-0.2, -0.15) is 10.2 Å². The van der Waals surface area contributed by atoms with Crippen molar-refractivity contribution in [3.63, 3.8) is 0 Å². The number of nitrogens with zero attached hydrogens (tertiary/aromatic N) is 2. The predicted molar refractivity (Wildman–Crippen MR) is 125 cm³/mol. The van der Waals surface area contributed by atoms with E-state index in [0.717, 1.165) is 16.3 Å². The minimum absolute atomic E-state index is 0.143. The molecule has 1 aliphatic rings. The van der Waals surface area contributed by atoms with Crippen LogP contribution in [0.5, 0.6) is 5.75 Å². The molecule has 0 fully saturated rings. The van der Waals surface area contributed by atoms with Gasteiger partial charge in [-0.1, -0.05) is 42.5 Å². The molecule has 0 spiro atoms. The van der Waals surface area contributed by atoms with Gasteiger partial charge in [0, 0.05) is 11.6 Å². The Morgan fingerprint density at radius 3 is 2.55 bits per heavy atom. The summed E-state index contributed by atoms with van der Waals surface area (Å²) in [6.45, 7) is 0. The lowest BCUT2D eigenvalue weighted by atomic mass is 9.77. The molecule has 3 N–H and O–H groups in total. The monoisotopic (exact) mass is 437 g/mol. The number of hydrogen-bond acceptors (Lipinski definition) is 6. The maximum atomic E-state index is 13.2. The van der Waals surface area contributed by atoms with E-state index in [-0.39, 0.29) is 17.3 Å². The van der Waals surface area contributed by atoms with E-state index >= 15 is 0 Å². The lowest BCUT2D eigenvalue weighted by Gasteiger charge is -2.29. The summed E-state index contributed by atoms with van der Waals surface area (Å²) in [5.74, 6) is -1.29. The Hall–Kier alpha value is -4.64. The zero-order valence-electron chi connectivity index (χ0n) is 17.6. The van der Waals surface area contributed by atoms with Gasteiger partial charge in [0.05, 0.1) is 18.7 Å². The molecule has 1 aliphatic heterocycles. The number of hydrogen-bond donors (Lipinski definition) is 3. The summed E-state index contributed by atoms with van der Waals surface area (Å²) in [6, 6.07) is 22.5. The van der Waals surface area contributed by atoms with Crippen molar-refractivity contribution >= 4 is 34.1 Å². The molecule has 2 heterocycles. The van der Waals surface area contributed by atoms with Crippen LogP contribution in [0.1, 0.15) is 17.0 Å². The molecule has 2 unspecified atom stereocenters. The number of methoxy groups -OCH3 is 1. The molecule has 2 atom stereocenters. The number of ether oxygens (including phenoxy) is 1. The molecule has 5 rings (SSSR count). The third-order valence-corrected chi connectivity index (χ3v) is 5.77. The van der Waals surface area contributed by atoms with Crippen molar-refractivity contribution in [2.75, 3.05) is 17.7 Å². The van der Waals surface area contributed by atoms with E-state index in [9.17, 15) is 14.9 Å². The number of nitriles is 1. The van der Waals surface area contributed by atoms with Crippen molar-refractivity contribution in [1.82, 2.24) is 9.97 Å². The fourth-order valence-electron chi connectivity index (χ4n) is 4.24. The van der Waals surface area contributed by atoms with Crippen LogP contribution in [0.15, 0.2) is 71.5 Å². The van der Waals surface area contributed by atoms with Crippen molar-refractivity contribution in [2.24, 2.45) is 5.92 Å². The number of carbonyl (C=O) groups excluding carboxylic acids is 1. The van der Waals surface area contributed by atoms with Crippen LogP contribution in [0.3, 0.4) is 0 Å². The maximum Gasteiger partial charge on any atom is 0.258 e. The Bertz CT molecular complexity index is 1470. The summed E-state index contributed by atoms with van der Waals surface area (Å²) in [5.41, 5.74) is 1.26. The second kappa shape index (κ2) is 8.13. The molecule has 3 aromatic carbocycles. The summed E-state index contributed by atoms with van der Waals surface area (Å²) in [6.07, 6.45) is 0. The van der Waals surface area contributed by atoms with Gasteiger partial charge >= 0.3 is 0 Å². The zero-order valence-corrected chi connectivity index (χ0v) is 17.6. The first-order chi connectivity index (χ1) is 16.1. The van der Waals surface area contributed by atoms with Crippen LogP contribution in [0.4, 0.5) is 17.5 Å². The van der Waals surface area contributed by atoms with Gasteiger partial charge < -0.3 is 15.4 Å². The number of rotatable bonds is 4. The second-order valence-electron chi connectivity index (χ2n) is 7.67. The molecule has 162 valence electrons. The van der Waals surface area contributed by atoms with Gasteiger partial charge in [0.2, 0.25) is 11.9 Å². The molecule has 1 amide bonds. The minimum Gasteiger partial charge on any atom is -0.497 e. The Labute approximate surface area is 188 Å². The van der Waals surface area contributed by atoms with Crippen molar-refractivity contribution in [1.29, 1.82) is 5.26 Å². The van der Waals surface area contributed by atoms with Gasteiger partial charge in [0.15, 0.2) is 0 Å². The lowest BCUT2D eigenvalue weighted by Crippen LogP contribution is -2.38.